The molecule has 0 aliphatic carbocycles. The molecule has 0 atom stereocenters. The van der Waals surface area contributed by atoms with Gasteiger partial charge < -0.3 is 4.74 Å². The highest BCUT2D eigenvalue weighted by Gasteiger charge is 2.21. The Balaban J connectivity index is 3.30. The summed E-state index contributed by atoms with van der Waals surface area (Å²) in [6.45, 7) is 1.72. The lowest BCUT2D eigenvalue weighted by atomic mass is 10.1. The van der Waals surface area contributed by atoms with Crippen LogP contribution in [-0.4, -0.2) is 17.6 Å². The molecule has 90 valence electrons. The lowest BCUT2D eigenvalue weighted by molar-refractivity contribution is 0.0518. The van der Waals surface area contributed by atoms with E-state index in [-0.39, 0.29) is 21.6 Å². The molecule has 1 rings (SSSR count). The quantitative estimate of drug-likeness (QED) is 0.477. The van der Waals surface area contributed by atoms with Gasteiger partial charge in [-0.05, 0) is 35.6 Å². The monoisotopic (exact) mass is 352 g/mol. The first-order chi connectivity index (χ1) is 8.01. The molecule has 4 nitrogen and oxygen atoms in total. The molecule has 7 heteroatoms. The Hall–Kier alpha value is -1.30. The first kappa shape index (κ1) is 13.8. The van der Waals surface area contributed by atoms with Crippen LogP contribution in [0.4, 0.5) is 8.78 Å². The van der Waals surface area contributed by atoms with Crippen molar-refractivity contribution >= 4 is 28.6 Å². The van der Waals surface area contributed by atoms with Crippen molar-refractivity contribution in [1.29, 1.82) is 5.26 Å². The molecule has 0 aromatic carbocycles. The molecule has 0 saturated carbocycles. The van der Waals surface area contributed by atoms with Gasteiger partial charge in [-0.2, -0.15) is 5.26 Å². The SMILES string of the molecule is CCOC(=O)c1cc(C(F)F)c(C#N)c(I)n1. The van der Waals surface area contributed by atoms with E-state index in [0.29, 0.717) is 0 Å². The second-order valence-electron chi connectivity index (χ2n) is 2.90. The normalized spacial score (nSPS) is 10.1. The van der Waals surface area contributed by atoms with Crippen LogP contribution >= 0.6 is 22.6 Å². The molecule has 0 radical (unpaired) electrons. The van der Waals surface area contributed by atoms with Crippen molar-refractivity contribution in [2.45, 2.75) is 13.3 Å². The summed E-state index contributed by atoms with van der Waals surface area (Å²) in [6.07, 6.45) is -2.84. The number of hydrogen-bond acceptors (Lipinski definition) is 4. The molecule has 0 saturated heterocycles. The number of nitrogens with zero attached hydrogens (tertiary/aromatic N) is 2. The lowest BCUT2D eigenvalue weighted by Crippen LogP contribution is -2.10. The molecule has 1 aromatic heterocycles. The minimum atomic E-state index is -2.84. The summed E-state index contributed by atoms with van der Waals surface area (Å²) < 4.78 is 30.1. The molecule has 0 spiro atoms. The van der Waals surface area contributed by atoms with Crippen molar-refractivity contribution < 1.29 is 18.3 Å². The van der Waals surface area contributed by atoms with Crippen LogP contribution in [0.2, 0.25) is 0 Å². The van der Waals surface area contributed by atoms with Gasteiger partial charge in [0, 0.05) is 5.56 Å². The van der Waals surface area contributed by atoms with Gasteiger partial charge in [-0.25, -0.2) is 18.6 Å². The fourth-order valence-electron chi connectivity index (χ4n) is 1.12. The molecular weight excluding hydrogens is 345 g/mol. The molecule has 17 heavy (non-hydrogen) atoms. The maximum Gasteiger partial charge on any atom is 0.356 e. The summed E-state index contributed by atoms with van der Waals surface area (Å²) in [5.74, 6) is -0.781. The van der Waals surface area contributed by atoms with Crippen molar-refractivity contribution in [3.63, 3.8) is 0 Å². The number of pyridine rings is 1. The van der Waals surface area contributed by atoms with Gasteiger partial charge in [0.15, 0.2) is 0 Å². The Labute approximate surface area is 110 Å². The average Bonchev–Trinajstić information content (AvgIpc) is 2.28. The van der Waals surface area contributed by atoms with Gasteiger partial charge in [0.2, 0.25) is 0 Å². The van der Waals surface area contributed by atoms with Gasteiger partial charge in [0.25, 0.3) is 6.43 Å². The number of hydrogen-bond donors (Lipinski definition) is 0. The third-order valence-corrected chi connectivity index (χ3v) is 2.62. The van der Waals surface area contributed by atoms with E-state index < -0.39 is 18.0 Å². The minimum Gasteiger partial charge on any atom is -0.461 e. The van der Waals surface area contributed by atoms with Gasteiger partial charge in [0.05, 0.1) is 12.2 Å². The van der Waals surface area contributed by atoms with Crippen LogP contribution in [0, 0.1) is 15.0 Å². The van der Waals surface area contributed by atoms with Crippen LogP contribution in [0.25, 0.3) is 0 Å². The fraction of sp³-hybridized carbons (Fsp3) is 0.300. The Kier molecular flexibility index (Phi) is 4.74. The van der Waals surface area contributed by atoms with Crippen molar-refractivity contribution in [3.8, 4) is 6.07 Å². The molecule has 0 bridgehead atoms. The number of rotatable bonds is 3. The third-order valence-electron chi connectivity index (χ3n) is 1.84. The number of nitriles is 1. The summed E-state index contributed by atoms with van der Waals surface area (Å²) in [4.78, 5) is 15.1. The number of carbonyl (C=O) groups excluding carboxylic acids is 1. The molecular formula is C10H7F2IN2O2. The zero-order valence-electron chi connectivity index (χ0n) is 8.71. The van der Waals surface area contributed by atoms with Crippen molar-refractivity contribution in [2.75, 3.05) is 6.61 Å². The summed E-state index contributed by atoms with van der Waals surface area (Å²) in [6, 6.07) is 2.53. The Morgan fingerprint density at radius 1 is 1.71 bits per heavy atom. The largest absolute Gasteiger partial charge is 0.461 e. The molecule has 0 fully saturated rings. The zero-order valence-corrected chi connectivity index (χ0v) is 10.9. The third kappa shape index (κ3) is 3.09. The summed E-state index contributed by atoms with van der Waals surface area (Å²) in [7, 11) is 0. The second-order valence-corrected chi connectivity index (χ2v) is 3.92. The zero-order chi connectivity index (χ0) is 13.0. The molecule has 0 aliphatic heterocycles. The predicted octanol–water partition coefficient (Wildman–Crippen LogP) is 2.67. The average molecular weight is 352 g/mol. The highest BCUT2D eigenvalue weighted by atomic mass is 127. The fourth-order valence-corrected chi connectivity index (χ4v) is 1.82. The van der Waals surface area contributed by atoms with E-state index in [4.69, 9.17) is 5.26 Å². The van der Waals surface area contributed by atoms with Gasteiger partial charge in [0.1, 0.15) is 15.5 Å². The summed E-state index contributed by atoms with van der Waals surface area (Å²) >= 11 is 1.63. The van der Waals surface area contributed by atoms with E-state index in [0.717, 1.165) is 6.07 Å². The molecule has 0 aliphatic rings. The molecule has 0 N–H and O–H groups in total. The van der Waals surface area contributed by atoms with E-state index in [1.54, 1.807) is 35.6 Å². The maximum absolute atomic E-state index is 12.7. The van der Waals surface area contributed by atoms with E-state index >= 15 is 0 Å². The van der Waals surface area contributed by atoms with Gasteiger partial charge >= 0.3 is 5.97 Å². The molecule has 0 amide bonds. The van der Waals surface area contributed by atoms with Crippen molar-refractivity contribution in [1.82, 2.24) is 4.98 Å². The highest BCUT2D eigenvalue weighted by molar-refractivity contribution is 14.1. The highest BCUT2D eigenvalue weighted by Crippen LogP contribution is 2.26. The molecule has 1 aromatic rings. The van der Waals surface area contributed by atoms with Crippen molar-refractivity contribution in [3.05, 3.63) is 26.6 Å². The standard InChI is InChI=1S/C10H7F2IN2O2/c1-2-17-10(16)7-3-5(8(11)12)6(4-14)9(13)15-7/h3,8H,2H2,1H3. The number of halogens is 3. The summed E-state index contributed by atoms with van der Waals surface area (Å²) in [5.41, 5.74) is -0.936. The Morgan fingerprint density at radius 3 is 2.82 bits per heavy atom. The van der Waals surface area contributed by atoms with Crippen LogP contribution in [-0.2, 0) is 4.74 Å². The predicted molar refractivity (Wildman–Crippen MR) is 62.6 cm³/mol. The number of carbonyl (C=O) groups is 1. The van der Waals surface area contributed by atoms with Crippen molar-refractivity contribution in [2.24, 2.45) is 0 Å². The van der Waals surface area contributed by atoms with E-state index in [9.17, 15) is 13.6 Å². The Morgan fingerprint density at radius 2 is 2.35 bits per heavy atom. The summed E-state index contributed by atoms with van der Waals surface area (Å²) in [5, 5.41) is 8.74. The topological polar surface area (TPSA) is 63.0 Å². The smallest absolute Gasteiger partial charge is 0.356 e. The second kappa shape index (κ2) is 5.86. The number of alkyl halides is 2. The van der Waals surface area contributed by atoms with E-state index in [2.05, 4.69) is 9.72 Å². The first-order valence-electron chi connectivity index (χ1n) is 4.57. The van der Waals surface area contributed by atoms with Crippen LogP contribution in [0.1, 0.15) is 35.0 Å². The number of ether oxygens (including phenoxy) is 1. The Bertz CT molecular complexity index is 486. The molecule has 1 heterocycles. The molecule has 0 unspecified atom stereocenters. The van der Waals surface area contributed by atoms with Crippen LogP contribution in [0.15, 0.2) is 6.07 Å². The van der Waals surface area contributed by atoms with Crippen LogP contribution in [0.3, 0.4) is 0 Å². The maximum atomic E-state index is 12.7. The number of aromatic nitrogens is 1. The first-order valence-corrected chi connectivity index (χ1v) is 5.65. The van der Waals surface area contributed by atoms with E-state index in [1.807, 2.05) is 0 Å². The lowest BCUT2D eigenvalue weighted by Gasteiger charge is -2.07. The van der Waals surface area contributed by atoms with Gasteiger partial charge in [-0.15, -0.1) is 0 Å². The van der Waals surface area contributed by atoms with Crippen LogP contribution in [0.5, 0.6) is 0 Å². The van der Waals surface area contributed by atoms with Gasteiger partial charge in [-0.3, -0.25) is 0 Å². The number of esters is 1. The van der Waals surface area contributed by atoms with Gasteiger partial charge in [-0.1, -0.05) is 0 Å². The minimum absolute atomic E-state index is 0.0611. The van der Waals surface area contributed by atoms with E-state index in [1.165, 1.54) is 0 Å². The van der Waals surface area contributed by atoms with Crippen LogP contribution < -0.4 is 0 Å².